The zero-order chi connectivity index (χ0) is 14.8. The lowest BCUT2D eigenvalue weighted by Gasteiger charge is -2.09. The van der Waals surface area contributed by atoms with Gasteiger partial charge in [0.1, 0.15) is 6.07 Å². The monoisotopic (exact) mass is 353 g/mol. The topological polar surface area (TPSA) is 103 Å². The van der Waals surface area contributed by atoms with E-state index in [1.54, 1.807) is 6.07 Å². The number of hydrogen-bond acceptors (Lipinski definition) is 4. The second-order valence-electron chi connectivity index (χ2n) is 3.78. The smallest absolute Gasteiger partial charge is 0.267 e. The van der Waals surface area contributed by atoms with Crippen LogP contribution in [0.25, 0.3) is 0 Å². The van der Waals surface area contributed by atoms with Crippen LogP contribution in [0.15, 0.2) is 50.8 Å². The molecule has 8 heteroatoms. The van der Waals surface area contributed by atoms with Gasteiger partial charge in [0.15, 0.2) is 4.90 Å². The molecule has 2 rings (SSSR count). The summed E-state index contributed by atoms with van der Waals surface area (Å²) >= 11 is 3.19. The molecule has 1 aromatic heterocycles. The van der Waals surface area contributed by atoms with E-state index in [1.165, 1.54) is 18.3 Å². The van der Waals surface area contributed by atoms with Crippen LogP contribution in [0.3, 0.4) is 0 Å². The van der Waals surface area contributed by atoms with Gasteiger partial charge < -0.3 is 4.98 Å². The third kappa shape index (κ3) is 2.89. The number of aromatic nitrogens is 1. The summed E-state index contributed by atoms with van der Waals surface area (Å²) < 4.78 is 27.1. The molecule has 20 heavy (non-hydrogen) atoms. The minimum absolute atomic E-state index is 0.102. The second-order valence-corrected chi connectivity index (χ2v) is 6.35. The average Bonchev–Trinajstić information content (AvgIpc) is 2.39. The van der Waals surface area contributed by atoms with Gasteiger partial charge in [-0.25, -0.2) is 8.42 Å². The number of nitrogens with zero attached hydrogens (tertiary/aromatic N) is 1. The van der Waals surface area contributed by atoms with E-state index in [-0.39, 0.29) is 11.3 Å². The largest absolute Gasteiger partial charge is 0.366 e. The highest BCUT2D eigenvalue weighted by Crippen LogP contribution is 2.23. The Morgan fingerprint density at radius 2 is 2.05 bits per heavy atom. The van der Waals surface area contributed by atoms with E-state index in [9.17, 15) is 13.2 Å². The molecule has 1 heterocycles. The van der Waals surface area contributed by atoms with Crippen molar-refractivity contribution in [1.29, 1.82) is 5.26 Å². The number of rotatable bonds is 3. The lowest BCUT2D eigenvalue weighted by molar-refractivity contribution is 0.600. The maximum Gasteiger partial charge on any atom is 0.267 e. The number of anilines is 1. The highest BCUT2D eigenvalue weighted by atomic mass is 79.9. The first-order valence-corrected chi connectivity index (χ1v) is 7.61. The number of nitrogens with one attached hydrogen (secondary N) is 2. The third-order valence-electron chi connectivity index (χ3n) is 2.42. The molecule has 0 radical (unpaired) electrons. The number of nitriles is 1. The van der Waals surface area contributed by atoms with Gasteiger partial charge in [-0.15, -0.1) is 0 Å². The van der Waals surface area contributed by atoms with E-state index in [1.807, 2.05) is 6.07 Å². The zero-order valence-corrected chi connectivity index (χ0v) is 12.3. The van der Waals surface area contributed by atoms with E-state index < -0.39 is 20.3 Å². The summed E-state index contributed by atoms with van der Waals surface area (Å²) in [5, 5.41) is 8.96. The lowest BCUT2D eigenvalue weighted by Crippen LogP contribution is -2.21. The van der Waals surface area contributed by atoms with Crippen LogP contribution in [-0.4, -0.2) is 13.4 Å². The molecule has 0 aliphatic carbocycles. The summed E-state index contributed by atoms with van der Waals surface area (Å²) in [6.45, 7) is 0. The first-order chi connectivity index (χ1) is 9.44. The van der Waals surface area contributed by atoms with Crippen molar-refractivity contribution in [3.8, 4) is 6.07 Å². The minimum atomic E-state index is -4.06. The van der Waals surface area contributed by atoms with Gasteiger partial charge in [0.05, 0.1) is 11.3 Å². The number of pyridine rings is 1. The first kappa shape index (κ1) is 14.3. The van der Waals surface area contributed by atoms with E-state index >= 15 is 0 Å². The third-order valence-corrected chi connectivity index (χ3v) is 4.30. The van der Waals surface area contributed by atoms with Crippen molar-refractivity contribution in [2.24, 2.45) is 0 Å². The van der Waals surface area contributed by atoms with E-state index in [4.69, 9.17) is 5.26 Å². The van der Waals surface area contributed by atoms with Crippen LogP contribution in [0.4, 0.5) is 5.69 Å². The van der Waals surface area contributed by atoms with Crippen LogP contribution in [-0.2, 0) is 10.0 Å². The molecule has 102 valence electrons. The summed E-state index contributed by atoms with van der Waals surface area (Å²) in [4.78, 5) is 13.7. The van der Waals surface area contributed by atoms with Gasteiger partial charge >= 0.3 is 0 Å². The SMILES string of the molecule is N#Cc1ccc(Br)cc1NS(=O)(=O)c1c[nH]ccc1=O. The van der Waals surface area contributed by atoms with Gasteiger partial charge in [-0.3, -0.25) is 9.52 Å². The van der Waals surface area contributed by atoms with Gasteiger partial charge in [0.25, 0.3) is 10.0 Å². The van der Waals surface area contributed by atoms with E-state index in [0.717, 1.165) is 12.3 Å². The van der Waals surface area contributed by atoms with Crippen molar-refractivity contribution in [3.05, 3.63) is 56.9 Å². The molecule has 0 saturated carbocycles. The van der Waals surface area contributed by atoms with Crippen LogP contribution in [0.1, 0.15) is 5.56 Å². The van der Waals surface area contributed by atoms with Crippen molar-refractivity contribution in [2.45, 2.75) is 4.90 Å². The average molecular weight is 354 g/mol. The molecule has 0 spiro atoms. The number of benzene rings is 1. The highest BCUT2D eigenvalue weighted by molar-refractivity contribution is 9.10. The molecule has 0 atom stereocenters. The van der Waals surface area contributed by atoms with Crippen molar-refractivity contribution in [2.75, 3.05) is 4.72 Å². The van der Waals surface area contributed by atoms with Crippen molar-refractivity contribution in [1.82, 2.24) is 4.98 Å². The molecule has 0 aliphatic rings. The molecule has 0 unspecified atom stereocenters. The fraction of sp³-hybridized carbons (Fsp3) is 0. The van der Waals surface area contributed by atoms with Gasteiger partial charge in [0.2, 0.25) is 5.43 Å². The lowest BCUT2D eigenvalue weighted by atomic mass is 10.2. The number of sulfonamides is 1. The van der Waals surface area contributed by atoms with Gasteiger partial charge in [0, 0.05) is 22.9 Å². The van der Waals surface area contributed by atoms with E-state index in [2.05, 4.69) is 25.6 Å². The second kappa shape index (κ2) is 5.48. The fourth-order valence-electron chi connectivity index (χ4n) is 1.51. The number of hydrogen-bond donors (Lipinski definition) is 2. The van der Waals surface area contributed by atoms with Crippen molar-refractivity contribution < 1.29 is 8.42 Å². The van der Waals surface area contributed by atoms with Crippen LogP contribution >= 0.6 is 15.9 Å². The molecule has 0 fully saturated rings. The Morgan fingerprint density at radius 3 is 2.70 bits per heavy atom. The maximum absolute atomic E-state index is 12.1. The minimum Gasteiger partial charge on any atom is -0.366 e. The number of halogens is 1. The molecule has 0 amide bonds. The summed E-state index contributed by atoms with van der Waals surface area (Å²) in [6.07, 6.45) is 2.43. The molecule has 0 bridgehead atoms. The molecule has 2 aromatic rings. The molecule has 0 aliphatic heterocycles. The number of aromatic amines is 1. The Bertz CT molecular complexity index is 853. The quantitative estimate of drug-likeness (QED) is 0.877. The van der Waals surface area contributed by atoms with Crippen LogP contribution < -0.4 is 10.2 Å². The van der Waals surface area contributed by atoms with Crippen LogP contribution in [0.2, 0.25) is 0 Å². The van der Waals surface area contributed by atoms with E-state index in [0.29, 0.717) is 4.47 Å². The maximum atomic E-state index is 12.1. The Kier molecular flexibility index (Phi) is 3.92. The summed E-state index contributed by atoms with van der Waals surface area (Å²) in [6, 6.07) is 7.53. The van der Waals surface area contributed by atoms with Crippen LogP contribution in [0.5, 0.6) is 0 Å². The molecule has 0 saturated heterocycles. The van der Waals surface area contributed by atoms with Gasteiger partial charge in [-0.2, -0.15) is 5.26 Å². The van der Waals surface area contributed by atoms with Gasteiger partial charge in [-0.1, -0.05) is 15.9 Å². The highest BCUT2D eigenvalue weighted by Gasteiger charge is 2.19. The molecular weight excluding hydrogens is 346 g/mol. The molecule has 1 aromatic carbocycles. The summed E-state index contributed by atoms with van der Waals surface area (Å²) in [5.41, 5.74) is -0.376. The Balaban J connectivity index is 2.50. The zero-order valence-electron chi connectivity index (χ0n) is 9.92. The molecule has 6 nitrogen and oxygen atoms in total. The normalized spacial score (nSPS) is 10.8. The van der Waals surface area contributed by atoms with Crippen molar-refractivity contribution >= 4 is 31.6 Å². The summed E-state index contributed by atoms with van der Waals surface area (Å²) in [7, 11) is -4.06. The Hall–Kier alpha value is -2.11. The predicted octanol–water partition coefficient (Wildman–Crippen LogP) is 1.81. The standard InChI is InChI=1S/C12H8BrN3O3S/c13-9-2-1-8(6-14)10(5-9)16-20(18,19)12-7-15-4-3-11(12)17/h1-5,7,16H,(H,15,17). The van der Waals surface area contributed by atoms with Gasteiger partial charge in [-0.05, 0) is 18.2 Å². The van der Waals surface area contributed by atoms with Crippen molar-refractivity contribution in [3.63, 3.8) is 0 Å². The van der Waals surface area contributed by atoms with Crippen LogP contribution in [0, 0.1) is 11.3 Å². The number of H-pyrrole nitrogens is 1. The molecule has 2 N–H and O–H groups in total. The fourth-order valence-corrected chi connectivity index (χ4v) is 2.99. The summed E-state index contributed by atoms with van der Waals surface area (Å²) in [5.74, 6) is 0. The first-order valence-electron chi connectivity index (χ1n) is 5.33. The predicted molar refractivity (Wildman–Crippen MR) is 76.7 cm³/mol. The Morgan fingerprint density at radius 1 is 1.30 bits per heavy atom. The Labute approximate surface area is 123 Å². The molecular formula is C12H8BrN3O3S.